The second-order valence-corrected chi connectivity index (χ2v) is 16.1. The maximum Gasteiger partial charge on any atom is 0.160 e. The lowest BCUT2D eigenvalue weighted by Gasteiger charge is -2.28. The standard InChI is InChI=1S/C54H36N2S/c1-54(40-21-9-4-10-22-40)45-27-13-11-23-42(45)51-43(26-15-28-46(51)54)48-34-47(55-53(56-48)36-19-7-3-8-20-36)39-32-37(35-17-5-2-6-18-35)31-38(33-39)41-25-16-30-50-52(41)44-24-12-14-29-49(44)57-50/h2-34H,1H3. The van der Waals surface area contributed by atoms with Crippen LogP contribution >= 0.6 is 11.3 Å². The Labute approximate surface area is 336 Å². The Morgan fingerprint density at radius 3 is 1.81 bits per heavy atom. The van der Waals surface area contributed by atoms with Gasteiger partial charge in [0.1, 0.15) is 0 Å². The molecule has 57 heavy (non-hydrogen) atoms. The summed E-state index contributed by atoms with van der Waals surface area (Å²) in [6, 6.07) is 72.2. The fraction of sp³-hybridized carbons (Fsp3) is 0.0370. The van der Waals surface area contributed by atoms with Crippen molar-refractivity contribution in [2.24, 2.45) is 0 Å². The summed E-state index contributed by atoms with van der Waals surface area (Å²) in [7, 11) is 0. The molecule has 0 fully saturated rings. The average Bonchev–Trinajstić information content (AvgIpc) is 3.80. The van der Waals surface area contributed by atoms with E-state index in [4.69, 9.17) is 9.97 Å². The van der Waals surface area contributed by atoms with E-state index in [2.05, 4.69) is 201 Å². The Bertz CT molecular complexity index is 3130. The maximum absolute atomic E-state index is 5.39. The van der Waals surface area contributed by atoms with Crippen molar-refractivity contribution in [2.75, 3.05) is 0 Å². The van der Waals surface area contributed by atoms with E-state index in [1.807, 2.05) is 17.4 Å². The van der Waals surface area contributed by atoms with Crippen LogP contribution in [0.5, 0.6) is 0 Å². The van der Waals surface area contributed by atoms with Gasteiger partial charge in [-0.1, -0.05) is 164 Å². The van der Waals surface area contributed by atoms with Crippen molar-refractivity contribution >= 4 is 31.5 Å². The molecule has 3 heteroatoms. The molecule has 0 N–H and O–H groups in total. The molecule has 0 aliphatic heterocycles. The predicted molar refractivity (Wildman–Crippen MR) is 240 cm³/mol. The average molecular weight is 745 g/mol. The van der Waals surface area contributed by atoms with Gasteiger partial charge in [-0.05, 0) is 93.4 Å². The lowest BCUT2D eigenvalue weighted by atomic mass is 9.74. The first-order valence-corrected chi connectivity index (χ1v) is 20.3. The van der Waals surface area contributed by atoms with E-state index >= 15 is 0 Å². The number of benzene rings is 8. The molecule has 8 aromatic carbocycles. The number of fused-ring (bicyclic) bond motifs is 6. The van der Waals surface area contributed by atoms with Crippen molar-refractivity contribution in [1.82, 2.24) is 9.97 Å². The molecule has 1 aliphatic rings. The number of aromatic nitrogens is 2. The Balaban J connectivity index is 1.17. The van der Waals surface area contributed by atoms with Crippen LogP contribution in [0.3, 0.4) is 0 Å². The molecular weight excluding hydrogens is 709 g/mol. The van der Waals surface area contributed by atoms with E-state index in [0.29, 0.717) is 5.82 Å². The molecule has 0 saturated heterocycles. The highest BCUT2D eigenvalue weighted by Crippen LogP contribution is 2.55. The molecule has 2 aromatic heterocycles. The second kappa shape index (κ2) is 13.4. The number of hydrogen-bond acceptors (Lipinski definition) is 3. The Morgan fingerprint density at radius 2 is 0.982 bits per heavy atom. The van der Waals surface area contributed by atoms with Crippen LogP contribution in [0.4, 0.5) is 0 Å². The topological polar surface area (TPSA) is 25.8 Å². The highest BCUT2D eigenvalue weighted by molar-refractivity contribution is 7.25. The van der Waals surface area contributed by atoms with E-state index in [0.717, 1.165) is 44.8 Å². The zero-order valence-corrected chi connectivity index (χ0v) is 32.2. The summed E-state index contributed by atoms with van der Waals surface area (Å²) in [5, 5.41) is 2.58. The minimum Gasteiger partial charge on any atom is -0.228 e. The molecule has 10 aromatic rings. The highest BCUT2D eigenvalue weighted by Gasteiger charge is 2.41. The van der Waals surface area contributed by atoms with Crippen molar-refractivity contribution in [3.8, 4) is 67.3 Å². The first-order chi connectivity index (χ1) is 28.1. The van der Waals surface area contributed by atoms with Crippen molar-refractivity contribution in [3.05, 3.63) is 217 Å². The third-order valence-corrected chi connectivity index (χ3v) is 12.9. The summed E-state index contributed by atoms with van der Waals surface area (Å²) in [5.74, 6) is 0.704. The van der Waals surface area contributed by atoms with Gasteiger partial charge in [0.25, 0.3) is 0 Å². The van der Waals surface area contributed by atoms with Crippen molar-refractivity contribution in [2.45, 2.75) is 12.3 Å². The van der Waals surface area contributed by atoms with Crippen molar-refractivity contribution in [3.63, 3.8) is 0 Å². The smallest absolute Gasteiger partial charge is 0.160 e. The third kappa shape index (κ3) is 5.46. The quantitative estimate of drug-likeness (QED) is 0.169. The van der Waals surface area contributed by atoms with Gasteiger partial charge in [-0.2, -0.15) is 0 Å². The number of hydrogen-bond donors (Lipinski definition) is 0. The van der Waals surface area contributed by atoms with E-state index in [-0.39, 0.29) is 5.41 Å². The first-order valence-electron chi connectivity index (χ1n) is 19.5. The Kier molecular flexibility index (Phi) is 7.84. The summed E-state index contributed by atoms with van der Waals surface area (Å²) in [4.78, 5) is 10.8. The maximum atomic E-state index is 5.39. The number of rotatable bonds is 6. The zero-order valence-electron chi connectivity index (χ0n) is 31.4. The number of nitrogens with zero attached hydrogens (tertiary/aromatic N) is 2. The SMILES string of the molecule is CC1(c2ccccc2)c2ccccc2-c2c(-c3cc(-c4cc(-c5ccccc5)cc(-c5cccc6sc7ccccc7c56)c4)nc(-c4ccccc4)n3)cccc21. The van der Waals surface area contributed by atoms with E-state index in [1.54, 1.807) is 0 Å². The van der Waals surface area contributed by atoms with Crippen molar-refractivity contribution < 1.29 is 0 Å². The first kappa shape index (κ1) is 33.4. The van der Waals surface area contributed by atoms with Crippen LogP contribution in [0.15, 0.2) is 200 Å². The van der Waals surface area contributed by atoms with Gasteiger partial charge >= 0.3 is 0 Å². The molecule has 0 amide bonds. The van der Waals surface area contributed by atoms with Gasteiger partial charge < -0.3 is 0 Å². The van der Waals surface area contributed by atoms with Gasteiger partial charge in [0.2, 0.25) is 0 Å². The Hall–Kier alpha value is -6.94. The molecule has 0 bridgehead atoms. The molecule has 1 unspecified atom stereocenters. The fourth-order valence-electron chi connectivity index (χ4n) is 9.03. The molecule has 0 saturated carbocycles. The van der Waals surface area contributed by atoms with Crippen LogP contribution in [0, 0.1) is 0 Å². The molecule has 1 aliphatic carbocycles. The molecule has 1 atom stereocenters. The van der Waals surface area contributed by atoms with Gasteiger partial charge in [-0.25, -0.2) is 9.97 Å². The van der Waals surface area contributed by atoms with E-state index in [9.17, 15) is 0 Å². The van der Waals surface area contributed by atoms with E-state index in [1.165, 1.54) is 53.6 Å². The summed E-state index contributed by atoms with van der Waals surface area (Å²) in [5.41, 5.74) is 15.7. The predicted octanol–water partition coefficient (Wildman–Crippen LogP) is 14.5. The third-order valence-electron chi connectivity index (χ3n) is 11.8. The number of thiophene rings is 1. The van der Waals surface area contributed by atoms with Crippen LogP contribution in [-0.4, -0.2) is 9.97 Å². The molecule has 11 rings (SSSR count). The molecule has 2 heterocycles. The van der Waals surface area contributed by atoms with Gasteiger partial charge in [0.15, 0.2) is 5.82 Å². The van der Waals surface area contributed by atoms with Gasteiger partial charge in [-0.3, -0.25) is 0 Å². The van der Waals surface area contributed by atoms with Crippen LogP contribution in [-0.2, 0) is 5.41 Å². The Morgan fingerprint density at radius 1 is 0.404 bits per heavy atom. The second-order valence-electron chi connectivity index (χ2n) is 15.0. The van der Waals surface area contributed by atoms with Gasteiger partial charge in [0.05, 0.1) is 11.4 Å². The lowest BCUT2D eigenvalue weighted by molar-refractivity contribution is 0.714. The molecule has 0 radical (unpaired) electrons. The summed E-state index contributed by atoms with van der Waals surface area (Å²) < 4.78 is 2.59. The molecule has 268 valence electrons. The van der Waals surface area contributed by atoms with Crippen LogP contribution in [0.25, 0.3) is 87.5 Å². The molecule has 2 nitrogen and oxygen atoms in total. The van der Waals surface area contributed by atoms with Gasteiger partial charge in [-0.15, -0.1) is 11.3 Å². The summed E-state index contributed by atoms with van der Waals surface area (Å²) in [6.45, 7) is 2.37. The van der Waals surface area contributed by atoms with Crippen LogP contribution < -0.4 is 0 Å². The summed E-state index contributed by atoms with van der Waals surface area (Å²) in [6.07, 6.45) is 0. The molecule has 0 spiro atoms. The van der Waals surface area contributed by atoms with Crippen LogP contribution in [0.2, 0.25) is 0 Å². The fourth-order valence-corrected chi connectivity index (χ4v) is 10.2. The highest BCUT2D eigenvalue weighted by atomic mass is 32.1. The summed E-state index contributed by atoms with van der Waals surface area (Å²) >= 11 is 1.85. The normalized spacial score (nSPS) is 14.5. The lowest BCUT2D eigenvalue weighted by Crippen LogP contribution is -2.22. The van der Waals surface area contributed by atoms with Crippen LogP contribution in [0.1, 0.15) is 23.6 Å². The minimum absolute atomic E-state index is 0.312. The monoisotopic (exact) mass is 744 g/mol. The largest absolute Gasteiger partial charge is 0.228 e. The minimum atomic E-state index is -0.312. The molecular formula is C54H36N2S. The van der Waals surface area contributed by atoms with Crippen molar-refractivity contribution in [1.29, 1.82) is 0 Å². The zero-order chi connectivity index (χ0) is 37.9. The van der Waals surface area contributed by atoms with Gasteiger partial charge in [0, 0.05) is 42.3 Å². The van der Waals surface area contributed by atoms with E-state index < -0.39 is 0 Å².